The van der Waals surface area contributed by atoms with Gasteiger partial charge in [-0.05, 0) is 31.0 Å². The van der Waals surface area contributed by atoms with E-state index in [0.717, 1.165) is 11.3 Å². The van der Waals surface area contributed by atoms with E-state index in [1.165, 1.54) is 0 Å². The molecule has 0 saturated heterocycles. The third-order valence-electron chi connectivity index (χ3n) is 4.96. The summed E-state index contributed by atoms with van der Waals surface area (Å²) in [4.78, 5) is 17.2. The summed E-state index contributed by atoms with van der Waals surface area (Å²) in [5.74, 6) is 1.09. The van der Waals surface area contributed by atoms with Crippen LogP contribution in [0, 0.1) is 6.92 Å². The number of benzene rings is 1. The number of hydrogen-bond acceptors (Lipinski definition) is 4. The number of carbonyl (C=O) groups excluding carboxylic acids is 1. The highest BCUT2D eigenvalue weighted by atomic mass is 35.5. The molecule has 1 aromatic carbocycles. The van der Waals surface area contributed by atoms with Crippen LogP contribution in [0.1, 0.15) is 64.0 Å². The minimum atomic E-state index is -0.549. The maximum atomic E-state index is 12.6. The SMILES string of the molecule is CCC(Oc1cccc(C)c1)C(=O)NCC(C)c1nc2c(Cl)c(C(C)(C)C)[nH]n2n1. The van der Waals surface area contributed by atoms with E-state index in [9.17, 15) is 4.79 Å². The lowest BCUT2D eigenvalue weighted by molar-refractivity contribution is -0.128. The summed E-state index contributed by atoms with van der Waals surface area (Å²) in [7, 11) is 0. The van der Waals surface area contributed by atoms with Crippen LogP contribution in [0.5, 0.6) is 5.75 Å². The average Bonchev–Trinajstić information content (AvgIpc) is 3.23. The van der Waals surface area contributed by atoms with Crippen LogP contribution in [-0.4, -0.2) is 38.4 Å². The van der Waals surface area contributed by atoms with Crippen LogP contribution in [0.4, 0.5) is 0 Å². The molecule has 0 bridgehead atoms. The van der Waals surface area contributed by atoms with Crippen LogP contribution in [0.25, 0.3) is 5.65 Å². The number of fused-ring (bicyclic) bond motifs is 1. The number of H-pyrrole nitrogens is 1. The van der Waals surface area contributed by atoms with Crippen molar-refractivity contribution >= 4 is 23.2 Å². The molecule has 2 atom stereocenters. The largest absolute Gasteiger partial charge is 0.481 e. The first-order valence-electron chi connectivity index (χ1n) is 10.3. The normalized spacial score (nSPS) is 14.0. The zero-order valence-electron chi connectivity index (χ0n) is 18.4. The van der Waals surface area contributed by atoms with E-state index in [1.807, 2.05) is 45.0 Å². The molecule has 0 saturated carbocycles. The third-order valence-corrected chi connectivity index (χ3v) is 5.32. The highest BCUT2D eigenvalue weighted by Crippen LogP contribution is 2.31. The number of halogens is 1. The Balaban J connectivity index is 1.64. The molecule has 3 aromatic rings. The summed E-state index contributed by atoms with van der Waals surface area (Å²) < 4.78 is 7.47. The summed E-state index contributed by atoms with van der Waals surface area (Å²) in [6, 6.07) is 7.69. The van der Waals surface area contributed by atoms with Gasteiger partial charge in [0.05, 0.1) is 5.69 Å². The predicted molar refractivity (Wildman–Crippen MR) is 118 cm³/mol. The van der Waals surface area contributed by atoms with E-state index in [1.54, 1.807) is 4.63 Å². The number of carbonyl (C=O) groups is 1. The van der Waals surface area contributed by atoms with Gasteiger partial charge in [-0.15, -0.1) is 5.10 Å². The monoisotopic (exact) mass is 431 g/mol. The molecular formula is C22H30ClN5O2. The van der Waals surface area contributed by atoms with Crippen molar-refractivity contribution in [1.29, 1.82) is 0 Å². The maximum Gasteiger partial charge on any atom is 0.261 e. The number of aromatic amines is 1. The fourth-order valence-electron chi connectivity index (χ4n) is 3.15. The Morgan fingerprint density at radius 3 is 2.70 bits per heavy atom. The van der Waals surface area contributed by atoms with E-state index in [0.29, 0.717) is 35.2 Å². The van der Waals surface area contributed by atoms with Gasteiger partial charge in [0.15, 0.2) is 17.6 Å². The van der Waals surface area contributed by atoms with Crippen LogP contribution in [0.3, 0.4) is 0 Å². The second-order valence-electron chi connectivity index (χ2n) is 8.73. The van der Waals surface area contributed by atoms with Gasteiger partial charge >= 0.3 is 0 Å². The minimum absolute atomic E-state index is 0.0760. The molecule has 2 unspecified atom stereocenters. The zero-order valence-corrected chi connectivity index (χ0v) is 19.2. The van der Waals surface area contributed by atoms with E-state index in [-0.39, 0.29) is 17.2 Å². The van der Waals surface area contributed by atoms with Crippen molar-refractivity contribution in [2.75, 3.05) is 6.54 Å². The lowest BCUT2D eigenvalue weighted by Gasteiger charge is -2.18. The fourth-order valence-corrected chi connectivity index (χ4v) is 3.60. The van der Waals surface area contributed by atoms with Crippen LogP contribution in [0.15, 0.2) is 24.3 Å². The number of hydrogen-bond donors (Lipinski definition) is 2. The van der Waals surface area contributed by atoms with Gasteiger partial charge in [0.1, 0.15) is 10.8 Å². The lowest BCUT2D eigenvalue weighted by Crippen LogP contribution is -2.39. The Hall–Kier alpha value is -2.54. The summed E-state index contributed by atoms with van der Waals surface area (Å²) in [5, 5.41) is 11.3. The van der Waals surface area contributed by atoms with Crippen molar-refractivity contribution in [2.45, 2.75) is 65.4 Å². The number of aryl methyl sites for hydroxylation is 1. The highest BCUT2D eigenvalue weighted by Gasteiger charge is 2.25. The number of amides is 1. The van der Waals surface area contributed by atoms with Gasteiger partial charge in [0, 0.05) is 17.9 Å². The molecule has 2 aromatic heterocycles. The van der Waals surface area contributed by atoms with Gasteiger partial charge in [-0.1, -0.05) is 58.4 Å². The quantitative estimate of drug-likeness (QED) is 0.580. The molecule has 0 aliphatic heterocycles. The Morgan fingerprint density at radius 1 is 1.37 bits per heavy atom. The minimum Gasteiger partial charge on any atom is -0.481 e. The Morgan fingerprint density at radius 2 is 2.10 bits per heavy atom. The van der Waals surface area contributed by atoms with Gasteiger partial charge in [0.2, 0.25) is 0 Å². The molecule has 3 rings (SSSR count). The van der Waals surface area contributed by atoms with E-state index >= 15 is 0 Å². The number of nitrogens with one attached hydrogen (secondary N) is 2. The number of rotatable bonds is 7. The second-order valence-corrected chi connectivity index (χ2v) is 9.11. The molecule has 1 amide bonds. The predicted octanol–water partition coefficient (Wildman–Crippen LogP) is 4.39. The van der Waals surface area contributed by atoms with E-state index in [2.05, 4.69) is 41.3 Å². The number of ether oxygens (including phenoxy) is 1. The highest BCUT2D eigenvalue weighted by molar-refractivity contribution is 6.34. The van der Waals surface area contributed by atoms with E-state index in [4.69, 9.17) is 16.3 Å². The molecule has 8 heteroatoms. The van der Waals surface area contributed by atoms with Crippen molar-refractivity contribution in [3.05, 3.63) is 46.4 Å². The Labute approximate surface area is 182 Å². The molecule has 30 heavy (non-hydrogen) atoms. The second kappa shape index (κ2) is 8.68. The van der Waals surface area contributed by atoms with Gasteiger partial charge < -0.3 is 10.1 Å². The molecule has 162 valence electrons. The maximum absolute atomic E-state index is 12.6. The van der Waals surface area contributed by atoms with Crippen molar-refractivity contribution in [3.8, 4) is 5.75 Å². The first-order chi connectivity index (χ1) is 14.1. The third kappa shape index (κ3) is 4.78. The first-order valence-corrected chi connectivity index (χ1v) is 10.6. The van der Waals surface area contributed by atoms with Crippen molar-refractivity contribution in [2.24, 2.45) is 0 Å². The van der Waals surface area contributed by atoms with E-state index < -0.39 is 6.10 Å². The Bertz CT molecular complexity index is 1030. The van der Waals surface area contributed by atoms with Crippen LogP contribution in [0.2, 0.25) is 5.02 Å². The smallest absolute Gasteiger partial charge is 0.261 e. The molecule has 0 aliphatic carbocycles. The molecule has 2 heterocycles. The van der Waals surface area contributed by atoms with Gasteiger partial charge in [-0.25, -0.2) is 4.98 Å². The summed E-state index contributed by atoms with van der Waals surface area (Å²) in [6.45, 7) is 12.5. The van der Waals surface area contributed by atoms with Crippen molar-refractivity contribution in [1.82, 2.24) is 25.1 Å². The molecule has 2 N–H and O–H groups in total. The molecule has 0 aliphatic rings. The van der Waals surface area contributed by atoms with Crippen LogP contribution in [-0.2, 0) is 10.2 Å². The van der Waals surface area contributed by atoms with Crippen molar-refractivity contribution < 1.29 is 9.53 Å². The summed E-state index contributed by atoms with van der Waals surface area (Å²) in [6.07, 6.45) is 0.0257. The zero-order chi connectivity index (χ0) is 22.1. The average molecular weight is 432 g/mol. The lowest BCUT2D eigenvalue weighted by atomic mass is 9.92. The Kier molecular flexibility index (Phi) is 6.41. The molecule has 0 radical (unpaired) electrons. The molecule has 0 spiro atoms. The summed E-state index contributed by atoms with van der Waals surface area (Å²) >= 11 is 6.49. The van der Waals surface area contributed by atoms with Gasteiger partial charge in [0.25, 0.3) is 5.91 Å². The molecule has 7 nitrogen and oxygen atoms in total. The fraction of sp³-hybridized carbons (Fsp3) is 0.500. The first kappa shape index (κ1) is 22.2. The number of nitrogens with zero attached hydrogens (tertiary/aromatic N) is 3. The van der Waals surface area contributed by atoms with Gasteiger partial charge in [-0.3, -0.25) is 9.89 Å². The van der Waals surface area contributed by atoms with Crippen LogP contribution < -0.4 is 10.1 Å². The van der Waals surface area contributed by atoms with Gasteiger partial charge in [-0.2, -0.15) is 4.63 Å². The van der Waals surface area contributed by atoms with Crippen LogP contribution >= 0.6 is 11.6 Å². The number of aromatic nitrogens is 4. The van der Waals surface area contributed by atoms with Crippen molar-refractivity contribution in [3.63, 3.8) is 0 Å². The summed E-state index contributed by atoms with van der Waals surface area (Å²) in [5.41, 5.74) is 2.45. The molecule has 0 fully saturated rings. The topological polar surface area (TPSA) is 84.3 Å². The molecular weight excluding hydrogens is 402 g/mol. The standard InChI is InChI=1S/C22H30ClN5O2/c1-7-16(30-15-10-8-9-13(2)11-15)21(29)24-12-14(3)19-25-20-17(23)18(22(4,5)6)26-28(20)27-19/h8-11,14,16,26H,7,12H2,1-6H3,(H,24,29).